The highest BCUT2D eigenvalue weighted by molar-refractivity contribution is 7.91. The molecule has 0 saturated heterocycles. The summed E-state index contributed by atoms with van der Waals surface area (Å²) in [5.41, 5.74) is 0.858. The minimum atomic E-state index is -3.48. The summed E-state index contributed by atoms with van der Waals surface area (Å²) in [5, 5.41) is 0. The fourth-order valence-corrected chi connectivity index (χ4v) is 5.39. The van der Waals surface area contributed by atoms with Gasteiger partial charge in [0.15, 0.2) is 26.1 Å². The zero-order chi connectivity index (χ0) is 22.6. The Kier molecular flexibility index (Phi) is 7.01. The van der Waals surface area contributed by atoms with Gasteiger partial charge in [0, 0.05) is 25.6 Å². The van der Waals surface area contributed by atoms with Crippen molar-refractivity contribution in [2.45, 2.75) is 17.7 Å². The highest BCUT2D eigenvalue weighted by Crippen LogP contribution is 2.33. The first-order chi connectivity index (χ1) is 14.8. The number of thiazole rings is 1. The number of sulfone groups is 1. The van der Waals surface area contributed by atoms with Crippen LogP contribution >= 0.6 is 11.3 Å². The van der Waals surface area contributed by atoms with Crippen LogP contribution in [0.25, 0.3) is 10.2 Å². The molecule has 0 aliphatic carbocycles. The van der Waals surface area contributed by atoms with E-state index in [9.17, 15) is 13.2 Å². The number of carbonyl (C=O) groups excluding carboxylic acids is 1. The molecule has 10 heteroatoms. The molecule has 166 valence electrons. The van der Waals surface area contributed by atoms with Crippen LogP contribution in [0, 0.1) is 0 Å². The third-order valence-corrected chi connectivity index (χ3v) is 7.67. The number of fused-ring (bicyclic) bond motifs is 1. The molecule has 31 heavy (non-hydrogen) atoms. The molecule has 0 bridgehead atoms. The van der Waals surface area contributed by atoms with Crippen molar-refractivity contribution in [2.24, 2.45) is 12.0 Å². The van der Waals surface area contributed by atoms with Gasteiger partial charge in [-0.3, -0.25) is 4.79 Å². The summed E-state index contributed by atoms with van der Waals surface area (Å²) < 4.78 is 43.3. The van der Waals surface area contributed by atoms with E-state index in [0.717, 1.165) is 10.2 Å². The van der Waals surface area contributed by atoms with Crippen LogP contribution in [0.4, 0.5) is 0 Å². The summed E-state index contributed by atoms with van der Waals surface area (Å²) in [6, 6.07) is 9.86. The fraction of sp³-hybridized carbons (Fsp3) is 0.333. The van der Waals surface area contributed by atoms with Crippen LogP contribution in [0.2, 0.25) is 0 Å². The van der Waals surface area contributed by atoms with E-state index in [1.807, 2.05) is 19.2 Å². The van der Waals surface area contributed by atoms with Crippen LogP contribution < -0.4 is 19.0 Å². The van der Waals surface area contributed by atoms with E-state index in [2.05, 4.69) is 4.99 Å². The summed E-state index contributed by atoms with van der Waals surface area (Å²) >= 11 is 1.35. The van der Waals surface area contributed by atoms with Crippen molar-refractivity contribution < 1.29 is 27.4 Å². The summed E-state index contributed by atoms with van der Waals surface area (Å²) in [6.45, 7) is 0. The third-order valence-electron chi connectivity index (χ3n) is 4.76. The van der Waals surface area contributed by atoms with Crippen molar-refractivity contribution in [3.05, 3.63) is 41.2 Å². The first kappa shape index (κ1) is 22.8. The van der Waals surface area contributed by atoms with E-state index >= 15 is 0 Å². The molecule has 0 unspecified atom stereocenters. The Balaban J connectivity index is 1.72. The Bertz CT molecular complexity index is 1260. The highest BCUT2D eigenvalue weighted by atomic mass is 32.2. The van der Waals surface area contributed by atoms with Crippen molar-refractivity contribution in [3.8, 4) is 17.2 Å². The highest BCUT2D eigenvalue weighted by Gasteiger charge is 2.16. The number of ether oxygens (including phenoxy) is 3. The molecule has 0 saturated carbocycles. The molecule has 1 amide bonds. The van der Waals surface area contributed by atoms with Gasteiger partial charge in [0.1, 0.15) is 5.75 Å². The summed E-state index contributed by atoms with van der Waals surface area (Å²) in [7, 11) is 2.97. The van der Waals surface area contributed by atoms with Gasteiger partial charge < -0.3 is 18.8 Å². The zero-order valence-electron chi connectivity index (χ0n) is 17.7. The Labute approximate surface area is 184 Å². The lowest BCUT2D eigenvalue weighted by Gasteiger charge is -2.07. The number of nitrogens with zero attached hydrogens (tertiary/aromatic N) is 2. The van der Waals surface area contributed by atoms with E-state index in [1.54, 1.807) is 30.9 Å². The monoisotopic (exact) mass is 464 g/mol. The topological polar surface area (TPSA) is 96.2 Å². The van der Waals surface area contributed by atoms with Gasteiger partial charge in [0.25, 0.3) is 0 Å². The molecule has 0 fully saturated rings. The first-order valence-electron chi connectivity index (χ1n) is 9.45. The first-order valence-corrected chi connectivity index (χ1v) is 11.9. The predicted octanol–water partition coefficient (Wildman–Crippen LogP) is 2.95. The van der Waals surface area contributed by atoms with E-state index in [-0.39, 0.29) is 29.4 Å². The van der Waals surface area contributed by atoms with Crippen molar-refractivity contribution in [1.82, 2.24) is 4.57 Å². The second kappa shape index (κ2) is 9.52. The van der Waals surface area contributed by atoms with Gasteiger partial charge >= 0.3 is 0 Å². The number of carbonyl (C=O) groups is 1. The Morgan fingerprint density at radius 1 is 1.03 bits per heavy atom. The van der Waals surface area contributed by atoms with E-state index < -0.39 is 9.84 Å². The number of methoxy groups -OCH3 is 3. The number of aryl methyl sites for hydroxylation is 1. The van der Waals surface area contributed by atoms with Gasteiger partial charge in [-0.2, -0.15) is 4.99 Å². The average molecular weight is 465 g/mol. The number of rotatable bonds is 8. The molecular weight excluding hydrogens is 440 g/mol. The van der Waals surface area contributed by atoms with Gasteiger partial charge in [-0.25, -0.2) is 8.42 Å². The number of hydrogen-bond donors (Lipinski definition) is 0. The predicted molar refractivity (Wildman–Crippen MR) is 119 cm³/mol. The van der Waals surface area contributed by atoms with E-state index in [4.69, 9.17) is 14.2 Å². The SMILES string of the molecule is COc1ccc(S(=O)(=O)CCCC(=O)N=c2sc3cc(OC)c(OC)cc3n2C)cc1. The van der Waals surface area contributed by atoms with Crippen LogP contribution in [-0.4, -0.2) is 46.0 Å². The molecule has 0 aliphatic rings. The van der Waals surface area contributed by atoms with Gasteiger partial charge in [-0.15, -0.1) is 0 Å². The molecule has 8 nitrogen and oxygen atoms in total. The molecule has 0 spiro atoms. The molecule has 3 aromatic rings. The largest absolute Gasteiger partial charge is 0.497 e. The smallest absolute Gasteiger partial charge is 0.248 e. The van der Waals surface area contributed by atoms with Gasteiger partial charge in [-0.1, -0.05) is 11.3 Å². The molecule has 2 aromatic carbocycles. The fourth-order valence-electron chi connectivity index (χ4n) is 3.04. The van der Waals surface area contributed by atoms with Gasteiger partial charge in [0.05, 0.1) is 42.2 Å². The normalized spacial score (nSPS) is 12.2. The molecule has 3 rings (SSSR count). The lowest BCUT2D eigenvalue weighted by molar-refractivity contribution is -0.118. The summed E-state index contributed by atoms with van der Waals surface area (Å²) in [4.78, 5) is 17.3. The summed E-state index contributed by atoms with van der Waals surface area (Å²) in [5.74, 6) is 1.27. The lowest BCUT2D eigenvalue weighted by Crippen LogP contribution is -2.14. The second-order valence-electron chi connectivity index (χ2n) is 6.72. The van der Waals surface area contributed by atoms with Crippen LogP contribution in [0.5, 0.6) is 17.2 Å². The van der Waals surface area contributed by atoms with Crippen LogP contribution in [0.15, 0.2) is 46.3 Å². The molecular formula is C21H24N2O6S2. The minimum Gasteiger partial charge on any atom is -0.497 e. The van der Waals surface area contributed by atoms with Crippen LogP contribution in [0.1, 0.15) is 12.8 Å². The summed E-state index contributed by atoms with van der Waals surface area (Å²) in [6.07, 6.45) is 0.225. The average Bonchev–Trinajstić information content (AvgIpc) is 3.06. The number of hydrogen-bond acceptors (Lipinski definition) is 7. The maximum absolute atomic E-state index is 12.5. The van der Waals surface area contributed by atoms with Crippen molar-refractivity contribution >= 4 is 37.3 Å². The van der Waals surface area contributed by atoms with Gasteiger partial charge in [0.2, 0.25) is 5.91 Å². The lowest BCUT2D eigenvalue weighted by atomic mass is 10.3. The van der Waals surface area contributed by atoms with Crippen molar-refractivity contribution in [3.63, 3.8) is 0 Å². The standard InChI is InChI=1S/C21H24N2O6S2/c1-23-16-12-17(28-3)18(29-4)13-19(16)30-21(23)22-20(24)6-5-11-31(25,26)15-9-7-14(27-2)8-10-15/h7-10,12-13H,5-6,11H2,1-4H3. The number of aromatic nitrogens is 1. The molecule has 0 aliphatic heterocycles. The quantitative estimate of drug-likeness (QED) is 0.509. The molecule has 1 heterocycles. The molecule has 0 atom stereocenters. The zero-order valence-corrected chi connectivity index (χ0v) is 19.4. The van der Waals surface area contributed by atoms with Gasteiger partial charge in [-0.05, 0) is 30.7 Å². The maximum atomic E-state index is 12.5. The minimum absolute atomic E-state index is 0.0380. The Hall–Kier alpha value is -2.85. The van der Waals surface area contributed by atoms with E-state index in [1.165, 1.54) is 30.6 Å². The number of amides is 1. The van der Waals surface area contributed by atoms with Crippen molar-refractivity contribution in [2.75, 3.05) is 27.1 Å². The molecule has 0 radical (unpaired) electrons. The van der Waals surface area contributed by atoms with Crippen LogP contribution in [0.3, 0.4) is 0 Å². The number of benzene rings is 2. The molecule has 0 N–H and O–H groups in total. The molecule has 1 aromatic heterocycles. The Morgan fingerprint density at radius 3 is 2.29 bits per heavy atom. The van der Waals surface area contributed by atoms with Crippen LogP contribution in [-0.2, 0) is 21.7 Å². The Morgan fingerprint density at radius 2 is 1.68 bits per heavy atom. The second-order valence-corrected chi connectivity index (χ2v) is 9.84. The maximum Gasteiger partial charge on any atom is 0.248 e. The van der Waals surface area contributed by atoms with E-state index in [0.29, 0.717) is 22.0 Å². The van der Waals surface area contributed by atoms with Crippen molar-refractivity contribution in [1.29, 1.82) is 0 Å². The third kappa shape index (κ3) is 5.08.